The average Bonchev–Trinajstić information content (AvgIpc) is 2.41. The van der Waals surface area contributed by atoms with Crippen molar-refractivity contribution < 1.29 is 4.79 Å². The van der Waals surface area contributed by atoms with Gasteiger partial charge in [0.2, 0.25) is 0 Å². The second kappa shape index (κ2) is 5.50. The Hall–Kier alpha value is -2.56. The molecule has 0 aliphatic carbocycles. The summed E-state index contributed by atoms with van der Waals surface area (Å²) in [4.78, 5) is 19.3. The summed E-state index contributed by atoms with van der Waals surface area (Å²) in [7, 11) is 0. The molecule has 0 atom stereocenters. The fourth-order valence-electron chi connectivity index (χ4n) is 1.19. The van der Waals surface area contributed by atoms with Crippen molar-refractivity contribution in [3.63, 3.8) is 0 Å². The lowest BCUT2D eigenvalue weighted by Crippen LogP contribution is -2.17. The average molecular weight is 226 g/mol. The van der Waals surface area contributed by atoms with Crippen molar-refractivity contribution in [2.75, 3.05) is 0 Å². The second-order valence-corrected chi connectivity index (χ2v) is 3.22. The number of pyridine rings is 2. The Bertz CT molecular complexity index is 511. The van der Waals surface area contributed by atoms with E-state index in [1.807, 2.05) is 6.07 Å². The van der Waals surface area contributed by atoms with E-state index in [4.69, 9.17) is 0 Å². The van der Waals surface area contributed by atoms with E-state index in [0.29, 0.717) is 5.56 Å². The monoisotopic (exact) mass is 226 g/mol. The van der Waals surface area contributed by atoms with E-state index in [0.717, 1.165) is 5.56 Å². The highest BCUT2D eigenvalue weighted by Gasteiger charge is 2.01. The van der Waals surface area contributed by atoms with Gasteiger partial charge in [0.15, 0.2) is 0 Å². The summed E-state index contributed by atoms with van der Waals surface area (Å²) >= 11 is 0. The molecule has 0 bridgehead atoms. The summed E-state index contributed by atoms with van der Waals surface area (Å²) in [5, 5.41) is 3.83. The molecular weight excluding hydrogens is 216 g/mol. The molecule has 0 aliphatic heterocycles. The van der Waals surface area contributed by atoms with Crippen LogP contribution in [0.5, 0.6) is 0 Å². The normalized spacial score (nSPS) is 10.4. The number of aromatic nitrogens is 2. The summed E-state index contributed by atoms with van der Waals surface area (Å²) < 4.78 is 0. The third kappa shape index (κ3) is 3.20. The van der Waals surface area contributed by atoms with Gasteiger partial charge in [-0.1, -0.05) is 6.07 Å². The van der Waals surface area contributed by atoms with Crippen molar-refractivity contribution in [3.8, 4) is 0 Å². The number of hydrogen-bond acceptors (Lipinski definition) is 4. The topological polar surface area (TPSA) is 67.2 Å². The molecule has 2 aromatic rings. The van der Waals surface area contributed by atoms with Gasteiger partial charge in [-0.3, -0.25) is 14.8 Å². The van der Waals surface area contributed by atoms with Crippen molar-refractivity contribution in [3.05, 3.63) is 60.2 Å². The molecule has 2 aromatic heterocycles. The van der Waals surface area contributed by atoms with E-state index in [9.17, 15) is 4.79 Å². The van der Waals surface area contributed by atoms with E-state index in [1.165, 1.54) is 6.21 Å². The van der Waals surface area contributed by atoms with Gasteiger partial charge in [0.25, 0.3) is 5.91 Å². The first-order valence-electron chi connectivity index (χ1n) is 5.00. The van der Waals surface area contributed by atoms with E-state index in [2.05, 4.69) is 20.5 Å². The van der Waals surface area contributed by atoms with E-state index < -0.39 is 0 Å². The molecular formula is C12H10N4O. The second-order valence-electron chi connectivity index (χ2n) is 3.22. The minimum atomic E-state index is -0.271. The predicted molar refractivity (Wildman–Crippen MR) is 63.5 cm³/mol. The minimum Gasteiger partial charge on any atom is -0.267 e. The minimum absolute atomic E-state index is 0.271. The Morgan fingerprint density at radius 1 is 1.18 bits per heavy atom. The van der Waals surface area contributed by atoms with Gasteiger partial charge in [-0.25, -0.2) is 5.43 Å². The maximum atomic E-state index is 11.6. The Morgan fingerprint density at radius 3 is 2.71 bits per heavy atom. The summed E-state index contributed by atoms with van der Waals surface area (Å²) in [6, 6.07) is 6.88. The number of amides is 1. The van der Waals surface area contributed by atoms with E-state index >= 15 is 0 Å². The summed E-state index contributed by atoms with van der Waals surface area (Å²) in [5.41, 5.74) is 3.76. The standard InChI is InChI=1S/C12H10N4O/c17-12(11-3-6-13-7-4-11)16-15-9-10-2-1-5-14-8-10/h1-9H,(H,16,17)/b15-9-. The van der Waals surface area contributed by atoms with Gasteiger partial charge in [-0.15, -0.1) is 0 Å². The molecule has 2 rings (SSSR count). The molecule has 0 aliphatic rings. The van der Waals surface area contributed by atoms with Gasteiger partial charge in [0.1, 0.15) is 0 Å². The Balaban J connectivity index is 1.95. The molecule has 0 saturated carbocycles. The molecule has 1 amide bonds. The third-order valence-electron chi connectivity index (χ3n) is 2.01. The Kier molecular flexibility index (Phi) is 3.54. The molecule has 2 heterocycles. The summed E-state index contributed by atoms with van der Waals surface area (Å²) in [6.45, 7) is 0. The van der Waals surface area contributed by atoms with Crippen molar-refractivity contribution in [2.24, 2.45) is 5.10 Å². The molecule has 0 aromatic carbocycles. The maximum Gasteiger partial charge on any atom is 0.271 e. The van der Waals surface area contributed by atoms with Gasteiger partial charge in [-0.05, 0) is 18.2 Å². The van der Waals surface area contributed by atoms with Gasteiger partial charge in [0.05, 0.1) is 6.21 Å². The van der Waals surface area contributed by atoms with Crippen molar-refractivity contribution >= 4 is 12.1 Å². The van der Waals surface area contributed by atoms with E-state index in [-0.39, 0.29) is 5.91 Å². The van der Waals surface area contributed by atoms with Crippen molar-refractivity contribution in [1.29, 1.82) is 0 Å². The van der Waals surface area contributed by atoms with Gasteiger partial charge < -0.3 is 0 Å². The van der Waals surface area contributed by atoms with Crippen LogP contribution in [0.25, 0.3) is 0 Å². The molecule has 17 heavy (non-hydrogen) atoms. The first-order valence-corrected chi connectivity index (χ1v) is 5.00. The van der Waals surface area contributed by atoms with E-state index in [1.54, 1.807) is 43.0 Å². The SMILES string of the molecule is O=C(N/N=C\c1cccnc1)c1ccncc1. The molecule has 84 valence electrons. The summed E-state index contributed by atoms with van der Waals surface area (Å²) in [6.07, 6.45) is 7.97. The zero-order valence-electron chi connectivity index (χ0n) is 8.95. The zero-order valence-corrected chi connectivity index (χ0v) is 8.95. The van der Waals surface area contributed by atoms with Crippen LogP contribution in [0.3, 0.4) is 0 Å². The number of rotatable bonds is 3. The van der Waals surface area contributed by atoms with Gasteiger partial charge in [0, 0.05) is 35.9 Å². The van der Waals surface area contributed by atoms with Crippen LogP contribution in [0, 0.1) is 0 Å². The van der Waals surface area contributed by atoms with Crippen LogP contribution in [0.2, 0.25) is 0 Å². The number of carbonyl (C=O) groups excluding carboxylic acids is 1. The number of nitrogens with zero attached hydrogens (tertiary/aromatic N) is 3. The summed E-state index contributed by atoms with van der Waals surface area (Å²) in [5.74, 6) is -0.271. The van der Waals surface area contributed by atoms with Crippen molar-refractivity contribution in [1.82, 2.24) is 15.4 Å². The number of carbonyl (C=O) groups is 1. The molecule has 1 N–H and O–H groups in total. The van der Waals surface area contributed by atoms with Crippen LogP contribution in [-0.4, -0.2) is 22.1 Å². The van der Waals surface area contributed by atoms with Crippen LogP contribution in [0.1, 0.15) is 15.9 Å². The quantitative estimate of drug-likeness (QED) is 0.632. The molecule has 5 nitrogen and oxygen atoms in total. The highest BCUT2D eigenvalue weighted by molar-refractivity contribution is 5.94. The van der Waals surface area contributed by atoms with Crippen LogP contribution in [0.4, 0.5) is 0 Å². The van der Waals surface area contributed by atoms with Crippen LogP contribution in [0.15, 0.2) is 54.2 Å². The van der Waals surface area contributed by atoms with Crippen LogP contribution in [-0.2, 0) is 0 Å². The Morgan fingerprint density at radius 2 is 2.00 bits per heavy atom. The predicted octanol–water partition coefficient (Wildman–Crippen LogP) is 1.24. The van der Waals surface area contributed by atoms with Crippen LogP contribution >= 0.6 is 0 Å². The smallest absolute Gasteiger partial charge is 0.267 e. The fraction of sp³-hybridized carbons (Fsp3) is 0. The van der Waals surface area contributed by atoms with Gasteiger partial charge >= 0.3 is 0 Å². The Labute approximate surface area is 98.2 Å². The molecule has 0 fully saturated rings. The zero-order chi connectivity index (χ0) is 11.9. The highest BCUT2D eigenvalue weighted by Crippen LogP contribution is 1.95. The third-order valence-corrected chi connectivity index (χ3v) is 2.01. The number of hydrogen-bond donors (Lipinski definition) is 1. The van der Waals surface area contributed by atoms with Crippen molar-refractivity contribution in [2.45, 2.75) is 0 Å². The molecule has 0 spiro atoms. The lowest BCUT2D eigenvalue weighted by molar-refractivity contribution is 0.0955. The largest absolute Gasteiger partial charge is 0.271 e. The molecule has 0 unspecified atom stereocenters. The molecule has 0 radical (unpaired) electrons. The van der Waals surface area contributed by atoms with Gasteiger partial charge in [-0.2, -0.15) is 5.10 Å². The van der Waals surface area contributed by atoms with Crippen LogP contribution < -0.4 is 5.43 Å². The molecule has 0 saturated heterocycles. The molecule has 5 heteroatoms. The fourth-order valence-corrected chi connectivity index (χ4v) is 1.19. The number of nitrogens with one attached hydrogen (secondary N) is 1. The first kappa shape index (κ1) is 10.9. The maximum absolute atomic E-state index is 11.6. The first-order chi connectivity index (χ1) is 8.36. The lowest BCUT2D eigenvalue weighted by atomic mass is 10.3. The lowest BCUT2D eigenvalue weighted by Gasteiger charge is -1.98. The highest BCUT2D eigenvalue weighted by atomic mass is 16.2. The number of hydrazone groups is 1.